The smallest absolute Gasteiger partial charge is 0.202 e. The van der Waals surface area contributed by atoms with Gasteiger partial charge in [0.2, 0.25) is 5.78 Å². The van der Waals surface area contributed by atoms with Crippen LogP contribution in [0.2, 0.25) is 5.02 Å². The summed E-state index contributed by atoms with van der Waals surface area (Å²) in [5.41, 5.74) is 1.46. The average Bonchev–Trinajstić information content (AvgIpc) is 2.70. The highest BCUT2D eigenvalue weighted by Crippen LogP contribution is 2.18. The number of hydrogen-bond donors (Lipinski definition) is 0. The number of Topliss-reactive ketones (excluding diaryl/α,β-unsaturated/α-hetero) is 1. The Kier molecular flexibility index (Phi) is 3.29. The van der Waals surface area contributed by atoms with Crippen LogP contribution in [0.3, 0.4) is 0 Å². The molecule has 0 aliphatic rings. The van der Waals surface area contributed by atoms with Crippen LogP contribution in [-0.2, 0) is 6.42 Å². The zero-order valence-electron chi connectivity index (χ0n) is 9.17. The maximum Gasteiger partial charge on any atom is 0.202 e. The van der Waals surface area contributed by atoms with E-state index in [-0.39, 0.29) is 17.2 Å². The highest BCUT2D eigenvalue weighted by Gasteiger charge is 2.13. The van der Waals surface area contributed by atoms with Crippen molar-refractivity contribution in [2.24, 2.45) is 0 Å². The number of carbonyl (C=O) groups is 1. The number of hydrogen-bond acceptors (Lipinski definition) is 2. The van der Waals surface area contributed by atoms with Crippen LogP contribution in [0, 0.1) is 12.7 Å². The third-order valence-electron chi connectivity index (χ3n) is 2.46. The minimum Gasteiger partial charge on any atom is -0.461 e. The highest BCUT2D eigenvalue weighted by atomic mass is 35.5. The van der Waals surface area contributed by atoms with Gasteiger partial charge in [0, 0.05) is 6.42 Å². The lowest BCUT2D eigenvalue weighted by Gasteiger charge is -2.01. The molecule has 2 aromatic rings. The molecule has 0 saturated heterocycles. The summed E-state index contributed by atoms with van der Waals surface area (Å²) in [6, 6.07) is 5.97. The number of rotatable bonds is 3. The fourth-order valence-electron chi connectivity index (χ4n) is 1.57. The number of aryl methyl sites for hydroxylation is 1. The minimum atomic E-state index is -0.489. The summed E-state index contributed by atoms with van der Waals surface area (Å²) in [5.74, 6) is -0.294. The Morgan fingerprint density at radius 1 is 1.41 bits per heavy atom. The summed E-state index contributed by atoms with van der Waals surface area (Å²) < 4.78 is 18.0. The maximum absolute atomic E-state index is 12.9. The normalized spacial score (nSPS) is 10.5. The molecule has 0 spiro atoms. The van der Waals surface area contributed by atoms with Gasteiger partial charge in [0.25, 0.3) is 0 Å². The van der Waals surface area contributed by atoms with Crippen molar-refractivity contribution in [2.45, 2.75) is 13.3 Å². The summed E-state index contributed by atoms with van der Waals surface area (Å²) in [5, 5.41) is 0.0199. The highest BCUT2D eigenvalue weighted by molar-refractivity contribution is 6.30. The van der Waals surface area contributed by atoms with Crippen molar-refractivity contribution >= 4 is 17.4 Å². The number of benzene rings is 1. The van der Waals surface area contributed by atoms with Gasteiger partial charge in [-0.25, -0.2) is 4.39 Å². The Hall–Kier alpha value is -1.61. The molecule has 2 nitrogen and oxygen atoms in total. The van der Waals surface area contributed by atoms with Crippen molar-refractivity contribution in [3.8, 4) is 0 Å². The van der Waals surface area contributed by atoms with E-state index < -0.39 is 5.82 Å². The molecule has 4 heteroatoms. The maximum atomic E-state index is 12.9. The molecule has 0 fully saturated rings. The van der Waals surface area contributed by atoms with Gasteiger partial charge in [0.1, 0.15) is 5.82 Å². The van der Waals surface area contributed by atoms with Crippen LogP contribution in [-0.4, -0.2) is 5.78 Å². The van der Waals surface area contributed by atoms with Gasteiger partial charge < -0.3 is 4.42 Å². The van der Waals surface area contributed by atoms with E-state index in [0.29, 0.717) is 11.3 Å². The molecule has 0 radical (unpaired) electrons. The quantitative estimate of drug-likeness (QED) is 0.778. The van der Waals surface area contributed by atoms with Gasteiger partial charge >= 0.3 is 0 Å². The van der Waals surface area contributed by atoms with Gasteiger partial charge in [-0.3, -0.25) is 4.79 Å². The first-order chi connectivity index (χ1) is 8.08. The molecule has 2 rings (SSSR count). The molecule has 0 amide bonds. The first-order valence-electron chi connectivity index (χ1n) is 5.09. The second-order valence-corrected chi connectivity index (χ2v) is 4.19. The molecule has 0 saturated carbocycles. The zero-order valence-corrected chi connectivity index (χ0v) is 9.92. The Morgan fingerprint density at radius 3 is 2.76 bits per heavy atom. The van der Waals surface area contributed by atoms with Crippen molar-refractivity contribution in [2.75, 3.05) is 0 Å². The molecule has 1 heterocycles. The third-order valence-corrected chi connectivity index (χ3v) is 2.75. The molecule has 0 atom stereocenters. The predicted octanol–water partition coefficient (Wildman–Crippen LogP) is 3.81. The van der Waals surface area contributed by atoms with E-state index in [1.807, 2.05) is 0 Å². The topological polar surface area (TPSA) is 30.2 Å². The monoisotopic (exact) mass is 252 g/mol. The van der Waals surface area contributed by atoms with Gasteiger partial charge in [-0.15, -0.1) is 0 Å². The first kappa shape index (κ1) is 11.9. The summed E-state index contributed by atoms with van der Waals surface area (Å²) in [7, 11) is 0. The van der Waals surface area contributed by atoms with Crippen LogP contribution in [0.5, 0.6) is 0 Å². The van der Waals surface area contributed by atoms with Crippen molar-refractivity contribution in [3.63, 3.8) is 0 Å². The van der Waals surface area contributed by atoms with Crippen molar-refractivity contribution in [1.29, 1.82) is 0 Å². The lowest BCUT2D eigenvalue weighted by molar-refractivity contribution is 0.0965. The van der Waals surface area contributed by atoms with E-state index in [1.165, 1.54) is 24.5 Å². The van der Waals surface area contributed by atoms with Crippen molar-refractivity contribution < 1.29 is 13.6 Å². The summed E-state index contributed by atoms with van der Waals surface area (Å²) in [6.45, 7) is 1.80. The molecule has 1 aromatic carbocycles. The zero-order chi connectivity index (χ0) is 12.4. The second kappa shape index (κ2) is 4.72. The van der Waals surface area contributed by atoms with E-state index >= 15 is 0 Å². The molecular weight excluding hydrogens is 243 g/mol. The van der Waals surface area contributed by atoms with Crippen LogP contribution in [0.4, 0.5) is 4.39 Å². The van der Waals surface area contributed by atoms with Gasteiger partial charge in [-0.2, -0.15) is 0 Å². The molecule has 0 bridgehead atoms. The molecule has 0 aliphatic heterocycles. The fourth-order valence-corrected chi connectivity index (χ4v) is 1.78. The van der Waals surface area contributed by atoms with E-state index in [2.05, 4.69) is 0 Å². The molecule has 1 aromatic heterocycles. The molecule has 0 N–H and O–H groups in total. The predicted molar refractivity (Wildman–Crippen MR) is 62.9 cm³/mol. The standard InChI is InChI=1S/C13H10ClFO2/c1-8-4-5-17-13(8)12(16)7-9-2-3-11(15)10(14)6-9/h2-6H,7H2,1H3. The Labute approximate surface area is 103 Å². The summed E-state index contributed by atoms with van der Waals surface area (Å²) >= 11 is 5.64. The van der Waals surface area contributed by atoms with E-state index in [9.17, 15) is 9.18 Å². The lowest BCUT2D eigenvalue weighted by Crippen LogP contribution is -2.03. The van der Waals surface area contributed by atoms with Gasteiger partial charge in [-0.05, 0) is 36.2 Å². The summed E-state index contributed by atoms with van der Waals surface area (Å²) in [4.78, 5) is 11.9. The Morgan fingerprint density at radius 2 is 2.18 bits per heavy atom. The number of ketones is 1. The van der Waals surface area contributed by atoms with Gasteiger partial charge in [0.05, 0.1) is 11.3 Å². The molecule has 17 heavy (non-hydrogen) atoms. The van der Waals surface area contributed by atoms with Crippen LogP contribution >= 0.6 is 11.6 Å². The summed E-state index contributed by atoms with van der Waals surface area (Å²) in [6.07, 6.45) is 1.62. The van der Waals surface area contributed by atoms with Crippen molar-refractivity contribution in [1.82, 2.24) is 0 Å². The van der Waals surface area contributed by atoms with Crippen LogP contribution in [0.15, 0.2) is 34.9 Å². The first-order valence-corrected chi connectivity index (χ1v) is 5.47. The number of halogens is 2. The molecule has 0 unspecified atom stereocenters. The Bertz CT molecular complexity index is 560. The van der Waals surface area contributed by atoms with E-state index in [1.54, 1.807) is 13.0 Å². The van der Waals surface area contributed by atoms with Crippen LogP contribution in [0.1, 0.15) is 21.7 Å². The third kappa shape index (κ3) is 2.56. The SMILES string of the molecule is Cc1ccoc1C(=O)Cc1ccc(F)c(Cl)c1. The van der Waals surface area contributed by atoms with Crippen molar-refractivity contribution in [3.05, 3.63) is 58.3 Å². The Balaban J connectivity index is 2.19. The fraction of sp³-hybridized carbons (Fsp3) is 0.154. The van der Waals surface area contributed by atoms with Gasteiger partial charge in [-0.1, -0.05) is 17.7 Å². The molecule has 0 aliphatic carbocycles. The number of furan rings is 1. The van der Waals surface area contributed by atoms with Gasteiger partial charge in [0.15, 0.2) is 5.76 Å². The van der Waals surface area contributed by atoms with Crippen LogP contribution in [0.25, 0.3) is 0 Å². The molecule has 88 valence electrons. The van der Waals surface area contributed by atoms with Crippen LogP contribution < -0.4 is 0 Å². The van der Waals surface area contributed by atoms with E-state index in [0.717, 1.165) is 5.56 Å². The largest absolute Gasteiger partial charge is 0.461 e. The minimum absolute atomic E-state index is 0.0199. The second-order valence-electron chi connectivity index (χ2n) is 3.78. The van der Waals surface area contributed by atoms with E-state index in [4.69, 9.17) is 16.0 Å². The molecular formula is C13H10ClFO2. The lowest BCUT2D eigenvalue weighted by atomic mass is 10.1. The average molecular weight is 253 g/mol. The number of carbonyl (C=O) groups excluding carboxylic acids is 1.